The zero-order valence-corrected chi connectivity index (χ0v) is 16.4. The van der Waals surface area contributed by atoms with Crippen molar-refractivity contribution in [2.45, 2.75) is 26.2 Å². The first-order valence-corrected chi connectivity index (χ1v) is 9.87. The Morgan fingerprint density at radius 1 is 1.00 bits per heavy atom. The number of aromatic hydroxyl groups is 1. The van der Waals surface area contributed by atoms with E-state index in [0.29, 0.717) is 5.75 Å². The molecular formula is C24H29N3O. The molecule has 4 rings (SSSR count). The number of benzene rings is 3. The molecule has 3 aromatic rings. The molecule has 4 heteroatoms. The molecular weight excluding hydrogens is 346 g/mol. The van der Waals surface area contributed by atoms with Gasteiger partial charge in [0.25, 0.3) is 0 Å². The number of nitrogens with one attached hydrogen (secondary N) is 2. The summed E-state index contributed by atoms with van der Waals surface area (Å²) >= 11 is 0. The van der Waals surface area contributed by atoms with Gasteiger partial charge in [-0.2, -0.15) is 0 Å². The van der Waals surface area contributed by atoms with E-state index in [-0.39, 0.29) is 5.84 Å². The summed E-state index contributed by atoms with van der Waals surface area (Å²) in [7, 11) is 0. The summed E-state index contributed by atoms with van der Waals surface area (Å²) in [6.45, 7) is 4.75. The highest BCUT2D eigenvalue weighted by molar-refractivity contribution is 5.99. The Labute approximate surface area is 166 Å². The van der Waals surface area contributed by atoms with Crippen LogP contribution >= 0.6 is 0 Å². The quantitative estimate of drug-likeness (QED) is 0.407. The van der Waals surface area contributed by atoms with E-state index >= 15 is 0 Å². The summed E-state index contributed by atoms with van der Waals surface area (Å²) in [6.07, 6.45) is 3.24. The zero-order chi connectivity index (χ0) is 19.9. The third-order valence-electron chi connectivity index (χ3n) is 5.16. The first kappa shape index (κ1) is 19.9. The summed E-state index contributed by atoms with van der Waals surface area (Å²) in [6, 6.07) is 19.6. The van der Waals surface area contributed by atoms with Gasteiger partial charge in [-0.1, -0.05) is 49.4 Å². The summed E-state index contributed by atoms with van der Waals surface area (Å²) in [5.41, 5.74) is 8.76. The fourth-order valence-corrected chi connectivity index (χ4v) is 3.37. The number of amidine groups is 1. The van der Waals surface area contributed by atoms with Crippen molar-refractivity contribution in [2.75, 3.05) is 13.1 Å². The maximum absolute atomic E-state index is 9.30. The lowest BCUT2D eigenvalue weighted by Gasteiger charge is -2.06. The molecule has 4 nitrogen and oxygen atoms in total. The number of hydrogen-bond donors (Lipinski definition) is 4. The van der Waals surface area contributed by atoms with Gasteiger partial charge in [-0.15, -0.1) is 0 Å². The van der Waals surface area contributed by atoms with Crippen molar-refractivity contribution in [3.63, 3.8) is 0 Å². The second kappa shape index (κ2) is 9.38. The molecule has 3 aromatic carbocycles. The Hall–Kier alpha value is -2.85. The largest absolute Gasteiger partial charge is 0.508 e. The SMILES string of the molecule is CC1CCNC1.N=C(N)c1ccc2ccc(CCc3ccc(O)cc3)cc2c1. The highest BCUT2D eigenvalue weighted by Gasteiger charge is 2.06. The van der Waals surface area contributed by atoms with Crippen molar-refractivity contribution in [1.29, 1.82) is 5.41 Å². The van der Waals surface area contributed by atoms with Gasteiger partial charge in [0.2, 0.25) is 0 Å². The molecule has 1 saturated heterocycles. The molecule has 28 heavy (non-hydrogen) atoms. The van der Waals surface area contributed by atoms with Crippen LogP contribution in [0.4, 0.5) is 0 Å². The van der Waals surface area contributed by atoms with Crippen molar-refractivity contribution in [1.82, 2.24) is 5.32 Å². The van der Waals surface area contributed by atoms with Gasteiger partial charge in [-0.05, 0) is 78.4 Å². The van der Waals surface area contributed by atoms with Gasteiger partial charge in [0.15, 0.2) is 0 Å². The Bertz CT molecular complexity index is 928. The van der Waals surface area contributed by atoms with Crippen molar-refractivity contribution in [2.24, 2.45) is 11.7 Å². The van der Waals surface area contributed by atoms with Crippen molar-refractivity contribution in [3.05, 3.63) is 77.4 Å². The topological polar surface area (TPSA) is 82.1 Å². The summed E-state index contributed by atoms with van der Waals surface area (Å²) in [5, 5.41) is 22.4. The minimum absolute atomic E-state index is 0.0939. The molecule has 0 aromatic heterocycles. The van der Waals surface area contributed by atoms with E-state index in [2.05, 4.69) is 30.4 Å². The van der Waals surface area contributed by atoms with Crippen LogP contribution in [0.25, 0.3) is 10.8 Å². The fourth-order valence-electron chi connectivity index (χ4n) is 3.37. The van der Waals surface area contributed by atoms with E-state index in [4.69, 9.17) is 11.1 Å². The van der Waals surface area contributed by atoms with Crippen molar-refractivity contribution < 1.29 is 5.11 Å². The standard InChI is InChI=1S/C19H18N2O.C5H11N/c20-19(21)16-8-7-15-6-3-14(11-17(15)12-16)2-1-13-4-9-18(22)10-5-13;1-5-2-3-6-4-5/h3-12,22H,1-2H2,(H3,20,21);5-6H,2-4H2,1H3. The highest BCUT2D eigenvalue weighted by Crippen LogP contribution is 2.19. The van der Waals surface area contributed by atoms with Gasteiger partial charge < -0.3 is 16.2 Å². The predicted octanol–water partition coefficient (Wildman–Crippen LogP) is 4.23. The molecule has 0 saturated carbocycles. The molecule has 5 N–H and O–H groups in total. The molecule has 1 unspecified atom stereocenters. The molecule has 146 valence electrons. The molecule has 0 bridgehead atoms. The van der Waals surface area contributed by atoms with E-state index < -0.39 is 0 Å². The van der Waals surface area contributed by atoms with Gasteiger partial charge in [0.1, 0.15) is 11.6 Å². The van der Waals surface area contributed by atoms with E-state index in [9.17, 15) is 5.11 Å². The monoisotopic (exact) mass is 375 g/mol. The zero-order valence-electron chi connectivity index (χ0n) is 16.4. The average molecular weight is 376 g/mol. The minimum Gasteiger partial charge on any atom is -0.508 e. The van der Waals surface area contributed by atoms with Gasteiger partial charge in [-0.3, -0.25) is 5.41 Å². The highest BCUT2D eigenvalue weighted by atomic mass is 16.3. The average Bonchev–Trinajstić information content (AvgIpc) is 3.18. The van der Waals surface area contributed by atoms with E-state index in [1.807, 2.05) is 30.3 Å². The van der Waals surface area contributed by atoms with Crippen molar-refractivity contribution in [3.8, 4) is 5.75 Å². The second-order valence-electron chi connectivity index (χ2n) is 7.57. The molecule has 1 aliphatic rings. The van der Waals surface area contributed by atoms with Gasteiger partial charge in [-0.25, -0.2) is 0 Å². The molecule has 1 aliphatic heterocycles. The molecule has 0 amide bonds. The fraction of sp³-hybridized carbons (Fsp3) is 0.292. The summed E-state index contributed by atoms with van der Waals surface area (Å²) in [4.78, 5) is 0. The lowest BCUT2D eigenvalue weighted by atomic mass is 10.00. The molecule has 0 aliphatic carbocycles. The Morgan fingerprint density at radius 3 is 2.29 bits per heavy atom. The van der Waals surface area contributed by atoms with Gasteiger partial charge in [0, 0.05) is 5.56 Å². The lowest BCUT2D eigenvalue weighted by Crippen LogP contribution is -2.10. The number of rotatable bonds is 4. The molecule has 1 atom stereocenters. The Morgan fingerprint density at radius 2 is 1.68 bits per heavy atom. The number of fused-ring (bicyclic) bond motifs is 1. The lowest BCUT2D eigenvalue weighted by molar-refractivity contribution is 0.475. The van der Waals surface area contributed by atoms with Crippen LogP contribution in [0.2, 0.25) is 0 Å². The number of hydrogen-bond acceptors (Lipinski definition) is 3. The Kier molecular flexibility index (Phi) is 6.66. The van der Waals surface area contributed by atoms with Crippen LogP contribution in [-0.4, -0.2) is 24.0 Å². The Balaban J connectivity index is 0.000000320. The van der Waals surface area contributed by atoms with Crippen LogP contribution in [0.15, 0.2) is 60.7 Å². The first-order valence-electron chi connectivity index (χ1n) is 9.87. The molecule has 1 heterocycles. The maximum atomic E-state index is 9.30. The molecule has 0 radical (unpaired) electrons. The van der Waals surface area contributed by atoms with E-state index in [0.717, 1.165) is 35.1 Å². The van der Waals surface area contributed by atoms with Crippen LogP contribution in [0, 0.1) is 11.3 Å². The number of nitrogens with two attached hydrogens (primary N) is 1. The molecule has 1 fully saturated rings. The number of phenolic OH excluding ortho intramolecular Hbond substituents is 1. The first-order chi connectivity index (χ1) is 13.5. The summed E-state index contributed by atoms with van der Waals surface area (Å²) < 4.78 is 0. The number of aryl methyl sites for hydroxylation is 2. The smallest absolute Gasteiger partial charge is 0.122 e. The third-order valence-corrected chi connectivity index (χ3v) is 5.16. The second-order valence-corrected chi connectivity index (χ2v) is 7.57. The van der Waals surface area contributed by atoms with Crippen LogP contribution in [0.1, 0.15) is 30.0 Å². The predicted molar refractivity (Wildman–Crippen MR) is 117 cm³/mol. The van der Waals surface area contributed by atoms with Crippen molar-refractivity contribution >= 4 is 16.6 Å². The maximum Gasteiger partial charge on any atom is 0.122 e. The third kappa shape index (κ3) is 5.57. The van der Waals surface area contributed by atoms with Crippen LogP contribution in [0.3, 0.4) is 0 Å². The number of nitrogen functional groups attached to an aromatic ring is 1. The van der Waals surface area contributed by atoms with Gasteiger partial charge in [0.05, 0.1) is 0 Å². The van der Waals surface area contributed by atoms with Gasteiger partial charge >= 0.3 is 0 Å². The number of phenols is 1. The summed E-state index contributed by atoms with van der Waals surface area (Å²) in [5.74, 6) is 1.33. The normalized spacial score (nSPS) is 15.8. The van der Waals surface area contributed by atoms with E-state index in [1.54, 1.807) is 12.1 Å². The van der Waals surface area contributed by atoms with Crippen LogP contribution < -0.4 is 11.1 Å². The van der Waals surface area contributed by atoms with Crippen LogP contribution in [0.5, 0.6) is 5.75 Å². The minimum atomic E-state index is 0.0939. The van der Waals surface area contributed by atoms with E-state index in [1.165, 1.54) is 30.6 Å². The van der Waals surface area contributed by atoms with Crippen LogP contribution in [-0.2, 0) is 12.8 Å². The molecule has 0 spiro atoms.